The van der Waals surface area contributed by atoms with E-state index >= 15 is 0 Å². The van der Waals surface area contributed by atoms with Crippen LogP contribution in [0.2, 0.25) is 0 Å². The maximum Gasteiger partial charge on any atom is 0.161 e. The van der Waals surface area contributed by atoms with E-state index in [0.29, 0.717) is 6.61 Å². The number of nitrogens with one attached hydrogen (secondary N) is 1. The van der Waals surface area contributed by atoms with E-state index in [4.69, 9.17) is 9.47 Å². The van der Waals surface area contributed by atoms with Crippen molar-refractivity contribution in [2.45, 2.75) is 19.4 Å². The SMILES string of the molecule is COc1ccccc1OCCN1CC2CNCC2C1(C)C. The Morgan fingerprint density at radius 1 is 1.24 bits per heavy atom. The number of ether oxygens (including phenoxy) is 2. The zero-order valence-electron chi connectivity index (χ0n) is 13.3. The topological polar surface area (TPSA) is 33.7 Å². The van der Waals surface area contributed by atoms with Gasteiger partial charge in [0.05, 0.1) is 7.11 Å². The van der Waals surface area contributed by atoms with Crippen molar-refractivity contribution >= 4 is 0 Å². The van der Waals surface area contributed by atoms with E-state index in [1.165, 1.54) is 6.54 Å². The Labute approximate surface area is 127 Å². The van der Waals surface area contributed by atoms with Crippen LogP contribution in [0.25, 0.3) is 0 Å². The van der Waals surface area contributed by atoms with Gasteiger partial charge < -0.3 is 14.8 Å². The van der Waals surface area contributed by atoms with E-state index < -0.39 is 0 Å². The Morgan fingerprint density at radius 3 is 2.71 bits per heavy atom. The van der Waals surface area contributed by atoms with Crippen LogP contribution in [-0.2, 0) is 0 Å². The normalized spacial score (nSPS) is 27.6. The first-order chi connectivity index (χ1) is 10.1. The van der Waals surface area contributed by atoms with Gasteiger partial charge >= 0.3 is 0 Å². The number of fused-ring (bicyclic) bond motifs is 1. The quantitative estimate of drug-likeness (QED) is 0.899. The first-order valence-corrected chi connectivity index (χ1v) is 7.84. The molecule has 2 fully saturated rings. The Bertz CT molecular complexity index is 489. The van der Waals surface area contributed by atoms with Crippen LogP contribution in [0.3, 0.4) is 0 Å². The molecule has 0 aromatic heterocycles. The number of likely N-dealkylation sites (tertiary alicyclic amines) is 1. The lowest BCUT2D eigenvalue weighted by Crippen LogP contribution is -2.46. The molecule has 2 heterocycles. The molecule has 0 saturated carbocycles. The van der Waals surface area contributed by atoms with E-state index in [2.05, 4.69) is 24.1 Å². The number of hydrogen-bond acceptors (Lipinski definition) is 4. The van der Waals surface area contributed by atoms with Crippen LogP contribution in [0.1, 0.15) is 13.8 Å². The van der Waals surface area contributed by atoms with Crippen LogP contribution in [0.4, 0.5) is 0 Å². The van der Waals surface area contributed by atoms with Crippen LogP contribution in [-0.4, -0.2) is 50.3 Å². The third kappa shape index (κ3) is 2.74. The van der Waals surface area contributed by atoms with Crippen LogP contribution >= 0.6 is 0 Å². The van der Waals surface area contributed by atoms with Crippen molar-refractivity contribution in [2.75, 3.05) is 39.9 Å². The third-order valence-electron chi connectivity index (χ3n) is 5.20. The summed E-state index contributed by atoms with van der Waals surface area (Å²) >= 11 is 0. The fourth-order valence-corrected chi connectivity index (χ4v) is 3.89. The molecule has 2 aliphatic heterocycles. The van der Waals surface area contributed by atoms with E-state index in [0.717, 1.165) is 43.0 Å². The van der Waals surface area contributed by atoms with Crippen molar-refractivity contribution in [2.24, 2.45) is 11.8 Å². The van der Waals surface area contributed by atoms with Crippen LogP contribution < -0.4 is 14.8 Å². The average molecular weight is 290 g/mol. The van der Waals surface area contributed by atoms with Gasteiger partial charge in [-0.1, -0.05) is 12.1 Å². The minimum Gasteiger partial charge on any atom is -0.493 e. The summed E-state index contributed by atoms with van der Waals surface area (Å²) in [5, 5.41) is 3.52. The van der Waals surface area contributed by atoms with Crippen LogP contribution in [0.5, 0.6) is 11.5 Å². The monoisotopic (exact) mass is 290 g/mol. The maximum atomic E-state index is 5.92. The average Bonchev–Trinajstić information content (AvgIpc) is 3.03. The molecule has 0 aliphatic carbocycles. The molecule has 21 heavy (non-hydrogen) atoms. The highest BCUT2D eigenvalue weighted by Crippen LogP contribution is 2.40. The van der Waals surface area contributed by atoms with E-state index in [9.17, 15) is 0 Å². The molecule has 1 N–H and O–H groups in total. The number of rotatable bonds is 5. The Hall–Kier alpha value is -1.26. The number of para-hydroxylation sites is 2. The molecular weight excluding hydrogens is 264 g/mol. The summed E-state index contributed by atoms with van der Waals surface area (Å²) in [5.74, 6) is 3.20. The molecule has 2 unspecified atom stereocenters. The van der Waals surface area contributed by atoms with Gasteiger partial charge in [-0.25, -0.2) is 0 Å². The molecule has 2 atom stereocenters. The van der Waals surface area contributed by atoms with Gasteiger partial charge in [-0.3, -0.25) is 4.90 Å². The molecule has 0 bridgehead atoms. The molecule has 3 rings (SSSR count). The highest BCUT2D eigenvalue weighted by molar-refractivity contribution is 5.39. The summed E-state index contributed by atoms with van der Waals surface area (Å²) in [4.78, 5) is 2.58. The van der Waals surface area contributed by atoms with Gasteiger partial charge in [0.15, 0.2) is 11.5 Å². The second-order valence-electron chi connectivity index (χ2n) is 6.62. The summed E-state index contributed by atoms with van der Waals surface area (Å²) < 4.78 is 11.2. The van der Waals surface area contributed by atoms with Crippen molar-refractivity contribution in [1.82, 2.24) is 10.2 Å². The first-order valence-electron chi connectivity index (χ1n) is 7.84. The van der Waals surface area contributed by atoms with E-state index in [1.54, 1.807) is 7.11 Å². The summed E-state index contributed by atoms with van der Waals surface area (Å²) in [6.45, 7) is 9.91. The standard InChI is InChI=1S/C17H26N2O2/c1-17(2)14-11-18-10-13(14)12-19(17)8-9-21-16-7-5-4-6-15(16)20-3/h4-7,13-14,18H,8-12H2,1-3H3. The fraction of sp³-hybridized carbons (Fsp3) is 0.647. The minimum atomic E-state index is 0.262. The predicted molar refractivity (Wildman–Crippen MR) is 84.0 cm³/mol. The second-order valence-corrected chi connectivity index (χ2v) is 6.62. The maximum absolute atomic E-state index is 5.92. The number of methoxy groups -OCH3 is 1. The van der Waals surface area contributed by atoms with Crippen molar-refractivity contribution in [3.63, 3.8) is 0 Å². The van der Waals surface area contributed by atoms with Gasteiger partial charge in [-0.2, -0.15) is 0 Å². The molecule has 4 nitrogen and oxygen atoms in total. The van der Waals surface area contributed by atoms with Gasteiger partial charge in [-0.15, -0.1) is 0 Å². The lowest BCUT2D eigenvalue weighted by Gasteiger charge is -2.35. The lowest BCUT2D eigenvalue weighted by molar-refractivity contribution is 0.116. The first kappa shape index (κ1) is 14.7. The molecular formula is C17H26N2O2. The number of hydrogen-bond donors (Lipinski definition) is 1. The van der Waals surface area contributed by atoms with Crippen molar-refractivity contribution in [3.8, 4) is 11.5 Å². The Morgan fingerprint density at radius 2 is 2.00 bits per heavy atom. The minimum absolute atomic E-state index is 0.262. The number of benzene rings is 1. The van der Waals surface area contributed by atoms with Crippen LogP contribution in [0, 0.1) is 11.8 Å². The van der Waals surface area contributed by atoms with Gasteiger partial charge in [0.2, 0.25) is 0 Å². The lowest BCUT2D eigenvalue weighted by atomic mass is 9.85. The highest BCUT2D eigenvalue weighted by Gasteiger charge is 2.49. The van der Waals surface area contributed by atoms with E-state index in [-0.39, 0.29) is 5.54 Å². The molecule has 1 aromatic carbocycles. The van der Waals surface area contributed by atoms with Crippen molar-refractivity contribution in [1.29, 1.82) is 0 Å². The molecule has 2 saturated heterocycles. The van der Waals surface area contributed by atoms with Gasteiger partial charge in [0.1, 0.15) is 6.61 Å². The van der Waals surface area contributed by atoms with Crippen molar-refractivity contribution in [3.05, 3.63) is 24.3 Å². The summed E-state index contributed by atoms with van der Waals surface area (Å²) in [6, 6.07) is 7.84. The molecule has 4 heteroatoms. The fourth-order valence-electron chi connectivity index (χ4n) is 3.89. The van der Waals surface area contributed by atoms with Crippen LogP contribution in [0.15, 0.2) is 24.3 Å². The van der Waals surface area contributed by atoms with Crippen molar-refractivity contribution < 1.29 is 9.47 Å². The Kier molecular flexibility index (Phi) is 4.09. The number of nitrogens with zero attached hydrogens (tertiary/aromatic N) is 1. The summed E-state index contributed by atoms with van der Waals surface area (Å²) in [5.41, 5.74) is 0.262. The molecule has 1 aromatic rings. The van der Waals surface area contributed by atoms with E-state index in [1.807, 2.05) is 24.3 Å². The second kappa shape index (κ2) is 5.85. The molecule has 0 radical (unpaired) electrons. The highest BCUT2D eigenvalue weighted by atomic mass is 16.5. The molecule has 2 aliphatic rings. The summed E-state index contributed by atoms with van der Waals surface area (Å²) in [6.07, 6.45) is 0. The van der Waals surface area contributed by atoms with Gasteiger partial charge in [-0.05, 0) is 44.4 Å². The van der Waals surface area contributed by atoms with Gasteiger partial charge in [0.25, 0.3) is 0 Å². The zero-order valence-corrected chi connectivity index (χ0v) is 13.3. The molecule has 116 valence electrons. The smallest absolute Gasteiger partial charge is 0.161 e. The zero-order chi connectivity index (χ0) is 14.9. The van der Waals surface area contributed by atoms with Gasteiger partial charge in [0, 0.05) is 25.2 Å². The third-order valence-corrected chi connectivity index (χ3v) is 5.20. The molecule has 0 spiro atoms. The largest absolute Gasteiger partial charge is 0.493 e. The predicted octanol–water partition coefficient (Wildman–Crippen LogP) is 2.00. The molecule has 0 amide bonds. The Balaban J connectivity index is 1.56. The summed E-state index contributed by atoms with van der Waals surface area (Å²) in [7, 11) is 1.68.